The van der Waals surface area contributed by atoms with Gasteiger partial charge in [-0.25, -0.2) is 5.84 Å². The average Bonchev–Trinajstić information content (AvgIpc) is 2.36. The predicted octanol–water partition coefficient (Wildman–Crippen LogP) is 1.13. The molecule has 0 aromatic heterocycles. The summed E-state index contributed by atoms with van der Waals surface area (Å²) < 4.78 is 5.44. The van der Waals surface area contributed by atoms with Crippen molar-refractivity contribution in [1.29, 1.82) is 0 Å². The van der Waals surface area contributed by atoms with Crippen molar-refractivity contribution in [3.05, 3.63) is 34.4 Å². The van der Waals surface area contributed by atoms with Gasteiger partial charge in [-0.1, -0.05) is 12.1 Å². The van der Waals surface area contributed by atoms with Gasteiger partial charge in [-0.3, -0.25) is 20.3 Å². The highest BCUT2D eigenvalue weighted by molar-refractivity contribution is 5.75. The molecule has 1 atom stereocenters. The second kappa shape index (κ2) is 6.55. The van der Waals surface area contributed by atoms with E-state index in [0.29, 0.717) is 6.42 Å². The van der Waals surface area contributed by atoms with E-state index in [1.807, 2.05) is 5.43 Å². The van der Waals surface area contributed by atoms with E-state index < -0.39 is 4.92 Å². The van der Waals surface area contributed by atoms with E-state index in [2.05, 4.69) is 0 Å². The van der Waals surface area contributed by atoms with E-state index in [0.717, 1.165) is 0 Å². The monoisotopic (exact) mass is 253 g/mol. The summed E-state index contributed by atoms with van der Waals surface area (Å²) in [6.45, 7) is 1.74. The second-order valence-corrected chi connectivity index (χ2v) is 3.76. The van der Waals surface area contributed by atoms with Crippen molar-refractivity contribution < 1.29 is 14.5 Å². The lowest BCUT2D eigenvalue weighted by Gasteiger charge is -2.13. The van der Waals surface area contributed by atoms with Crippen molar-refractivity contribution in [3.63, 3.8) is 0 Å². The van der Waals surface area contributed by atoms with Crippen LogP contribution in [0.2, 0.25) is 0 Å². The Balaban J connectivity index is 2.61. The number of carbonyl (C=O) groups excluding carboxylic acids is 1. The highest BCUT2D eigenvalue weighted by Gasteiger charge is 2.16. The van der Waals surface area contributed by atoms with Crippen molar-refractivity contribution in [2.45, 2.75) is 25.9 Å². The predicted molar refractivity (Wildman–Crippen MR) is 64.8 cm³/mol. The largest absolute Gasteiger partial charge is 0.484 e. The summed E-state index contributed by atoms with van der Waals surface area (Å²) in [6.07, 6.45) is 0.316. The summed E-state index contributed by atoms with van der Waals surface area (Å²) in [5, 5.41) is 10.8. The first kappa shape index (κ1) is 13.9. The van der Waals surface area contributed by atoms with Crippen molar-refractivity contribution in [3.8, 4) is 5.75 Å². The van der Waals surface area contributed by atoms with Crippen LogP contribution >= 0.6 is 0 Å². The molecule has 3 N–H and O–H groups in total. The Hall–Kier alpha value is -2.15. The normalized spacial score (nSPS) is 11.7. The molecule has 1 unspecified atom stereocenters. The number of hydrazine groups is 1. The molecule has 98 valence electrons. The molecule has 0 aliphatic heterocycles. The quantitative estimate of drug-likeness (QED) is 0.342. The summed E-state index contributed by atoms with van der Waals surface area (Å²) in [5.74, 6) is 4.84. The molecule has 1 amide bonds. The Morgan fingerprint density at radius 2 is 2.22 bits per heavy atom. The van der Waals surface area contributed by atoms with E-state index in [4.69, 9.17) is 10.6 Å². The minimum absolute atomic E-state index is 0.0902. The number of benzene rings is 1. The van der Waals surface area contributed by atoms with Crippen LogP contribution in [0.25, 0.3) is 0 Å². The molecular weight excluding hydrogens is 238 g/mol. The first-order chi connectivity index (χ1) is 8.54. The van der Waals surface area contributed by atoms with Gasteiger partial charge < -0.3 is 4.74 Å². The molecule has 0 spiro atoms. The smallest absolute Gasteiger partial charge is 0.310 e. The van der Waals surface area contributed by atoms with Gasteiger partial charge in [0, 0.05) is 12.5 Å². The maximum absolute atomic E-state index is 10.9. The fourth-order valence-electron chi connectivity index (χ4n) is 1.39. The molecule has 1 aromatic rings. The van der Waals surface area contributed by atoms with E-state index in [-0.39, 0.29) is 29.9 Å². The van der Waals surface area contributed by atoms with Gasteiger partial charge in [0.2, 0.25) is 5.91 Å². The van der Waals surface area contributed by atoms with Gasteiger partial charge >= 0.3 is 5.69 Å². The molecule has 1 aromatic carbocycles. The fraction of sp³-hybridized carbons (Fsp3) is 0.364. The second-order valence-electron chi connectivity index (χ2n) is 3.76. The average molecular weight is 253 g/mol. The standard InChI is InChI=1S/C11H15N3O4/c1-8(6-7-11(15)13-12)18-10-5-3-2-4-9(10)14(16)17/h2-5,8H,6-7,12H2,1H3,(H,13,15). The lowest BCUT2D eigenvalue weighted by molar-refractivity contribution is -0.386. The van der Waals surface area contributed by atoms with Crippen LogP contribution < -0.4 is 16.0 Å². The number of para-hydroxylation sites is 2. The Labute approximate surface area is 104 Å². The number of hydrogen-bond donors (Lipinski definition) is 2. The number of carbonyl (C=O) groups is 1. The van der Waals surface area contributed by atoms with Crippen LogP contribution in [-0.4, -0.2) is 16.9 Å². The van der Waals surface area contributed by atoms with Crippen LogP contribution in [0, 0.1) is 10.1 Å². The first-order valence-corrected chi connectivity index (χ1v) is 5.44. The molecule has 0 saturated carbocycles. The number of amides is 1. The topological polar surface area (TPSA) is 107 Å². The number of nitro groups is 1. The van der Waals surface area contributed by atoms with Crippen LogP contribution in [0.15, 0.2) is 24.3 Å². The van der Waals surface area contributed by atoms with Gasteiger partial charge in [-0.2, -0.15) is 0 Å². The maximum atomic E-state index is 10.9. The Kier molecular flexibility index (Phi) is 5.06. The van der Waals surface area contributed by atoms with Crippen molar-refractivity contribution in [2.75, 3.05) is 0 Å². The third-order valence-corrected chi connectivity index (χ3v) is 2.33. The number of rotatable bonds is 6. The molecule has 7 nitrogen and oxygen atoms in total. The van der Waals surface area contributed by atoms with Crippen LogP contribution in [0.5, 0.6) is 5.75 Å². The van der Waals surface area contributed by atoms with Crippen LogP contribution in [0.1, 0.15) is 19.8 Å². The summed E-state index contributed by atoms with van der Waals surface area (Å²) in [6, 6.07) is 6.12. The Bertz CT molecular complexity index is 436. The molecule has 0 heterocycles. The molecule has 0 fully saturated rings. The van der Waals surface area contributed by atoms with Gasteiger partial charge in [0.15, 0.2) is 5.75 Å². The molecule has 0 bridgehead atoms. The highest BCUT2D eigenvalue weighted by Crippen LogP contribution is 2.27. The molecule has 7 heteroatoms. The molecular formula is C11H15N3O4. The van der Waals surface area contributed by atoms with Gasteiger partial charge in [0.25, 0.3) is 0 Å². The van der Waals surface area contributed by atoms with Crippen LogP contribution in [0.4, 0.5) is 5.69 Å². The number of ether oxygens (including phenoxy) is 1. The van der Waals surface area contributed by atoms with Crippen molar-refractivity contribution >= 4 is 11.6 Å². The van der Waals surface area contributed by atoms with Crippen molar-refractivity contribution in [2.24, 2.45) is 5.84 Å². The Morgan fingerprint density at radius 1 is 1.56 bits per heavy atom. The molecule has 0 radical (unpaired) electrons. The van der Waals surface area contributed by atoms with Crippen molar-refractivity contribution in [1.82, 2.24) is 5.43 Å². The number of nitrogens with zero attached hydrogens (tertiary/aromatic N) is 1. The zero-order valence-electron chi connectivity index (χ0n) is 9.96. The van der Waals surface area contributed by atoms with Crippen LogP contribution in [0.3, 0.4) is 0 Å². The lowest BCUT2D eigenvalue weighted by Crippen LogP contribution is -2.30. The zero-order valence-corrected chi connectivity index (χ0v) is 9.96. The van der Waals surface area contributed by atoms with E-state index in [1.165, 1.54) is 12.1 Å². The molecule has 0 saturated heterocycles. The third-order valence-electron chi connectivity index (χ3n) is 2.33. The van der Waals surface area contributed by atoms with Gasteiger partial charge in [0.05, 0.1) is 11.0 Å². The minimum Gasteiger partial charge on any atom is -0.484 e. The first-order valence-electron chi connectivity index (χ1n) is 5.44. The summed E-state index contributed by atoms with van der Waals surface area (Å²) >= 11 is 0. The number of nitrogens with one attached hydrogen (secondary N) is 1. The maximum Gasteiger partial charge on any atom is 0.310 e. The highest BCUT2D eigenvalue weighted by atomic mass is 16.6. The van der Waals surface area contributed by atoms with Gasteiger partial charge in [-0.15, -0.1) is 0 Å². The lowest BCUT2D eigenvalue weighted by atomic mass is 10.2. The summed E-state index contributed by atoms with van der Waals surface area (Å²) in [5.41, 5.74) is 1.92. The number of hydrogen-bond acceptors (Lipinski definition) is 5. The molecule has 18 heavy (non-hydrogen) atoms. The minimum atomic E-state index is -0.505. The number of nitrogens with two attached hydrogens (primary N) is 1. The Morgan fingerprint density at radius 3 is 2.83 bits per heavy atom. The SMILES string of the molecule is CC(CCC(=O)NN)Oc1ccccc1[N+](=O)[O-]. The summed E-state index contributed by atoms with van der Waals surface area (Å²) in [4.78, 5) is 21.2. The van der Waals surface area contributed by atoms with E-state index in [9.17, 15) is 14.9 Å². The molecule has 0 aliphatic carbocycles. The fourth-order valence-corrected chi connectivity index (χ4v) is 1.39. The molecule has 0 aliphatic rings. The van der Waals surface area contributed by atoms with E-state index >= 15 is 0 Å². The molecule has 1 rings (SSSR count). The zero-order chi connectivity index (χ0) is 13.5. The van der Waals surface area contributed by atoms with Gasteiger partial charge in [0.1, 0.15) is 0 Å². The van der Waals surface area contributed by atoms with Crippen LogP contribution in [-0.2, 0) is 4.79 Å². The third kappa shape index (κ3) is 4.02. The number of nitro benzene ring substituents is 1. The summed E-state index contributed by atoms with van der Waals surface area (Å²) in [7, 11) is 0. The van der Waals surface area contributed by atoms with E-state index in [1.54, 1.807) is 19.1 Å². The van der Waals surface area contributed by atoms with Gasteiger partial charge in [-0.05, 0) is 19.4 Å².